The maximum Gasteiger partial charge on any atom is 0.233 e. The Morgan fingerprint density at radius 2 is 1.71 bits per heavy atom. The van der Waals surface area contributed by atoms with Crippen LogP contribution in [0.1, 0.15) is 11.4 Å². The number of hydrogen-bond acceptors (Lipinski definition) is 7. The molecule has 0 radical (unpaired) electrons. The number of amides is 1. The molecule has 1 saturated heterocycles. The van der Waals surface area contributed by atoms with E-state index in [1.165, 1.54) is 27.2 Å². The van der Waals surface area contributed by atoms with Crippen LogP contribution in [0.5, 0.6) is 5.75 Å². The first-order valence-electron chi connectivity index (χ1n) is 11.6. The van der Waals surface area contributed by atoms with Crippen LogP contribution in [0.3, 0.4) is 0 Å². The first kappa shape index (κ1) is 23.0. The molecule has 9 heteroatoms. The molecule has 0 unspecified atom stereocenters. The summed E-state index contributed by atoms with van der Waals surface area (Å²) in [7, 11) is 1.66. The van der Waals surface area contributed by atoms with Crippen molar-refractivity contribution < 1.29 is 9.53 Å². The minimum Gasteiger partial charge on any atom is -0.497 e. The van der Waals surface area contributed by atoms with Crippen LogP contribution >= 0.6 is 11.8 Å². The van der Waals surface area contributed by atoms with Gasteiger partial charge in [0.2, 0.25) is 11.1 Å². The zero-order valence-corrected chi connectivity index (χ0v) is 20.4. The van der Waals surface area contributed by atoms with Crippen LogP contribution in [0, 0.1) is 0 Å². The standard InChI is InChI=1S/C26H28N6O2S/c1-34-22-11-9-21(10-12-22)30-13-15-31(16-14-30)25(33)18-35-26-29-28-24(32(26)27)17-20-7-4-6-19-5-2-3-8-23(19)20/h2-12H,13-18,27H2,1H3. The summed E-state index contributed by atoms with van der Waals surface area (Å²) in [6, 6.07) is 22.5. The lowest BCUT2D eigenvalue weighted by Gasteiger charge is -2.36. The molecule has 0 bridgehead atoms. The largest absolute Gasteiger partial charge is 0.497 e. The molecule has 3 aromatic carbocycles. The molecule has 1 fully saturated rings. The summed E-state index contributed by atoms with van der Waals surface area (Å²) in [5.41, 5.74) is 2.28. The summed E-state index contributed by atoms with van der Waals surface area (Å²) in [6.07, 6.45) is 0.576. The van der Waals surface area contributed by atoms with Crippen LogP contribution in [0.2, 0.25) is 0 Å². The van der Waals surface area contributed by atoms with Gasteiger partial charge in [0, 0.05) is 38.3 Å². The van der Waals surface area contributed by atoms with Gasteiger partial charge in [-0.15, -0.1) is 10.2 Å². The van der Waals surface area contributed by atoms with Crippen molar-refractivity contribution in [3.8, 4) is 5.75 Å². The molecule has 1 aliphatic rings. The third kappa shape index (κ3) is 5.05. The van der Waals surface area contributed by atoms with Crippen LogP contribution in [0.15, 0.2) is 71.9 Å². The molecule has 1 amide bonds. The normalized spacial score (nSPS) is 13.9. The number of nitrogen functional groups attached to an aromatic ring is 1. The van der Waals surface area contributed by atoms with Gasteiger partial charge in [0.05, 0.1) is 12.9 Å². The smallest absolute Gasteiger partial charge is 0.233 e. The molecule has 5 rings (SSSR count). The maximum absolute atomic E-state index is 12.8. The van der Waals surface area contributed by atoms with Crippen LogP contribution in [0.4, 0.5) is 5.69 Å². The van der Waals surface area contributed by atoms with Crippen molar-refractivity contribution in [1.82, 2.24) is 19.8 Å². The third-order valence-electron chi connectivity index (χ3n) is 6.36. The predicted octanol–water partition coefficient (Wildman–Crippen LogP) is 3.19. The van der Waals surface area contributed by atoms with Crippen molar-refractivity contribution in [2.45, 2.75) is 11.6 Å². The molecule has 0 aliphatic carbocycles. The van der Waals surface area contributed by atoms with E-state index in [1.54, 1.807) is 7.11 Å². The van der Waals surface area contributed by atoms with Crippen molar-refractivity contribution in [3.63, 3.8) is 0 Å². The van der Waals surface area contributed by atoms with Gasteiger partial charge in [-0.05, 0) is 40.6 Å². The number of hydrogen-bond donors (Lipinski definition) is 1. The Bertz CT molecular complexity index is 1310. The van der Waals surface area contributed by atoms with E-state index in [2.05, 4.69) is 51.5 Å². The fourth-order valence-electron chi connectivity index (χ4n) is 4.37. The number of aromatic nitrogens is 3. The summed E-state index contributed by atoms with van der Waals surface area (Å²) in [6.45, 7) is 2.97. The van der Waals surface area contributed by atoms with Gasteiger partial charge in [0.1, 0.15) is 5.75 Å². The van der Waals surface area contributed by atoms with E-state index >= 15 is 0 Å². The average Bonchev–Trinajstić information content (AvgIpc) is 3.26. The quantitative estimate of drug-likeness (QED) is 0.316. The molecule has 4 aromatic rings. The fraction of sp³-hybridized carbons (Fsp3) is 0.269. The number of nitrogens with two attached hydrogens (primary N) is 1. The van der Waals surface area contributed by atoms with E-state index < -0.39 is 0 Å². The van der Waals surface area contributed by atoms with Gasteiger partial charge in [-0.1, -0.05) is 54.2 Å². The highest BCUT2D eigenvalue weighted by Crippen LogP contribution is 2.23. The zero-order valence-electron chi connectivity index (χ0n) is 19.6. The van der Waals surface area contributed by atoms with Crippen molar-refractivity contribution >= 4 is 34.1 Å². The van der Waals surface area contributed by atoms with Crippen molar-refractivity contribution in [2.75, 3.05) is 49.8 Å². The van der Waals surface area contributed by atoms with E-state index in [1.807, 2.05) is 35.2 Å². The Labute approximate surface area is 208 Å². The molecule has 8 nitrogen and oxygen atoms in total. The average molecular weight is 489 g/mol. The Balaban J connectivity index is 1.16. The number of carbonyl (C=O) groups is 1. The molecule has 2 N–H and O–H groups in total. The van der Waals surface area contributed by atoms with Crippen LogP contribution in [0.25, 0.3) is 10.8 Å². The molecule has 35 heavy (non-hydrogen) atoms. The second-order valence-electron chi connectivity index (χ2n) is 8.44. The molecule has 0 spiro atoms. The Morgan fingerprint density at radius 1 is 0.971 bits per heavy atom. The topological polar surface area (TPSA) is 89.5 Å². The van der Waals surface area contributed by atoms with Gasteiger partial charge >= 0.3 is 0 Å². The van der Waals surface area contributed by atoms with E-state index in [9.17, 15) is 4.79 Å². The van der Waals surface area contributed by atoms with E-state index in [4.69, 9.17) is 10.6 Å². The number of ether oxygens (including phenoxy) is 1. The Morgan fingerprint density at radius 3 is 2.49 bits per heavy atom. The Hall–Kier alpha value is -3.72. The lowest BCUT2D eigenvalue weighted by atomic mass is 10.0. The van der Waals surface area contributed by atoms with Crippen LogP contribution in [-0.4, -0.2) is 64.7 Å². The molecule has 1 aliphatic heterocycles. The monoisotopic (exact) mass is 488 g/mol. The number of anilines is 1. The highest BCUT2D eigenvalue weighted by molar-refractivity contribution is 7.99. The molecule has 180 valence electrons. The van der Waals surface area contributed by atoms with E-state index in [-0.39, 0.29) is 11.7 Å². The highest BCUT2D eigenvalue weighted by Gasteiger charge is 2.22. The first-order chi connectivity index (χ1) is 17.1. The predicted molar refractivity (Wildman–Crippen MR) is 139 cm³/mol. The molecule has 1 aromatic heterocycles. The van der Waals surface area contributed by atoms with Crippen molar-refractivity contribution in [3.05, 3.63) is 78.1 Å². The SMILES string of the molecule is COc1ccc(N2CCN(C(=O)CSc3nnc(Cc4cccc5ccccc45)n3N)CC2)cc1. The van der Waals surface area contributed by atoms with Gasteiger partial charge in [-0.25, -0.2) is 4.68 Å². The molecule has 0 atom stereocenters. The molecular weight excluding hydrogens is 460 g/mol. The van der Waals surface area contributed by atoms with Gasteiger partial charge in [-0.2, -0.15) is 0 Å². The molecule has 0 saturated carbocycles. The van der Waals surface area contributed by atoms with Crippen molar-refractivity contribution in [2.24, 2.45) is 0 Å². The second kappa shape index (κ2) is 10.3. The van der Waals surface area contributed by atoms with Gasteiger partial charge < -0.3 is 20.4 Å². The minimum absolute atomic E-state index is 0.0861. The number of rotatable bonds is 7. The first-order valence-corrected chi connectivity index (χ1v) is 12.6. The van der Waals surface area contributed by atoms with E-state index in [0.29, 0.717) is 30.5 Å². The molecular formula is C26H28N6O2S. The van der Waals surface area contributed by atoms with E-state index in [0.717, 1.165) is 30.1 Å². The van der Waals surface area contributed by atoms with Gasteiger partial charge in [0.15, 0.2) is 5.82 Å². The van der Waals surface area contributed by atoms with Crippen LogP contribution < -0.4 is 15.5 Å². The van der Waals surface area contributed by atoms with Gasteiger partial charge in [0.25, 0.3) is 0 Å². The zero-order chi connectivity index (χ0) is 24.2. The third-order valence-corrected chi connectivity index (χ3v) is 7.29. The number of carbonyl (C=O) groups excluding carboxylic acids is 1. The Kier molecular flexibility index (Phi) is 6.76. The van der Waals surface area contributed by atoms with Gasteiger partial charge in [-0.3, -0.25) is 4.79 Å². The number of thioether (sulfide) groups is 1. The fourth-order valence-corrected chi connectivity index (χ4v) is 5.15. The summed E-state index contributed by atoms with van der Waals surface area (Å²) >= 11 is 1.33. The summed E-state index contributed by atoms with van der Waals surface area (Å²) < 4.78 is 6.73. The summed E-state index contributed by atoms with van der Waals surface area (Å²) in [4.78, 5) is 17.0. The number of benzene rings is 3. The summed E-state index contributed by atoms with van der Waals surface area (Å²) in [5, 5.41) is 11.4. The number of piperazine rings is 1. The number of methoxy groups -OCH3 is 1. The van der Waals surface area contributed by atoms with Crippen molar-refractivity contribution in [1.29, 1.82) is 0 Å². The lowest BCUT2D eigenvalue weighted by molar-refractivity contribution is -0.128. The minimum atomic E-state index is 0.0861. The lowest BCUT2D eigenvalue weighted by Crippen LogP contribution is -2.49. The molecule has 2 heterocycles. The highest BCUT2D eigenvalue weighted by atomic mass is 32.2. The maximum atomic E-state index is 12.8. The number of fused-ring (bicyclic) bond motifs is 1. The number of nitrogens with zero attached hydrogens (tertiary/aromatic N) is 5. The second-order valence-corrected chi connectivity index (χ2v) is 9.38. The van der Waals surface area contributed by atoms with Crippen LogP contribution in [-0.2, 0) is 11.2 Å². The summed E-state index contributed by atoms with van der Waals surface area (Å²) in [5.74, 6) is 8.17.